The SMILES string of the molecule is C(=N\Nc1c2ccccc2nc2ccccc12)/c1cccs1. The molecule has 0 fully saturated rings. The number of nitrogens with one attached hydrogen (secondary N) is 1. The third kappa shape index (κ3) is 2.34. The van der Waals surface area contributed by atoms with Gasteiger partial charge in [0, 0.05) is 15.6 Å². The van der Waals surface area contributed by atoms with Crippen molar-refractivity contribution in [1.82, 2.24) is 4.98 Å². The predicted molar refractivity (Wildman–Crippen MR) is 94.8 cm³/mol. The Balaban J connectivity index is 1.85. The topological polar surface area (TPSA) is 37.3 Å². The Morgan fingerprint density at radius 3 is 2.18 bits per heavy atom. The van der Waals surface area contributed by atoms with E-state index in [2.05, 4.69) is 22.7 Å². The number of thiophene rings is 1. The average Bonchev–Trinajstić information content (AvgIpc) is 3.07. The van der Waals surface area contributed by atoms with Crippen LogP contribution in [0.5, 0.6) is 0 Å². The van der Waals surface area contributed by atoms with E-state index in [1.807, 2.05) is 60.1 Å². The summed E-state index contributed by atoms with van der Waals surface area (Å²) in [5, 5.41) is 8.58. The number of hydrazone groups is 1. The first-order valence-corrected chi connectivity index (χ1v) is 7.90. The molecule has 2 aromatic carbocycles. The molecule has 0 unspecified atom stereocenters. The highest BCUT2D eigenvalue weighted by molar-refractivity contribution is 7.11. The van der Waals surface area contributed by atoms with E-state index in [1.54, 1.807) is 11.3 Å². The molecule has 4 rings (SSSR count). The highest BCUT2D eigenvalue weighted by Crippen LogP contribution is 2.30. The van der Waals surface area contributed by atoms with Crippen molar-refractivity contribution >= 4 is 45.0 Å². The van der Waals surface area contributed by atoms with Gasteiger partial charge in [-0.25, -0.2) is 4.98 Å². The fourth-order valence-corrected chi connectivity index (χ4v) is 3.07. The summed E-state index contributed by atoms with van der Waals surface area (Å²) in [6.07, 6.45) is 1.84. The lowest BCUT2D eigenvalue weighted by Gasteiger charge is -2.09. The number of hydrogen-bond acceptors (Lipinski definition) is 4. The summed E-state index contributed by atoms with van der Waals surface area (Å²) in [7, 11) is 0. The molecule has 0 saturated carbocycles. The Hall–Kier alpha value is -2.72. The molecule has 2 aromatic heterocycles. The van der Waals surface area contributed by atoms with Crippen LogP contribution in [-0.2, 0) is 0 Å². The Morgan fingerprint density at radius 1 is 0.864 bits per heavy atom. The van der Waals surface area contributed by atoms with Gasteiger partial charge in [0.15, 0.2) is 0 Å². The van der Waals surface area contributed by atoms with E-state index in [-0.39, 0.29) is 0 Å². The summed E-state index contributed by atoms with van der Waals surface area (Å²) in [5.41, 5.74) is 6.13. The van der Waals surface area contributed by atoms with Crippen molar-refractivity contribution < 1.29 is 0 Å². The van der Waals surface area contributed by atoms with Gasteiger partial charge in [0.25, 0.3) is 0 Å². The fraction of sp³-hybridized carbons (Fsp3) is 0. The van der Waals surface area contributed by atoms with Gasteiger partial charge in [-0.2, -0.15) is 5.10 Å². The van der Waals surface area contributed by atoms with E-state index in [0.717, 1.165) is 32.4 Å². The van der Waals surface area contributed by atoms with Gasteiger partial charge in [0.05, 0.1) is 22.9 Å². The zero-order chi connectivity index (χ0) is 14.8. The average molecular weight is 303 g/mol. The molecule has 1 N–H and O–H groups in total. The summed E-state index contributed by atoms with van der Waals surface area (Å²) < 4.78 is 0. The second kappa shape index (κ2) is 5.58. The number of hydrogen-bond donors (Lipinski definition) is 1. The largest absolute Gasteiger partial charge is 0.277 e. The van der Waals surface area contributed by atoms with Crippen LogP contribution in [0, 0.1) is 0 Å². The van der Waals surface area contributed by atoms with E-state index in [0.29, 0.717) is 0 Å². The van der Waals surface area contributed by atoms with Gasteiger partial charge in [-0.15, -0.1) is 11.3 Å². The first-order chi connectivity index (χ1) is 10.9. The number of rotatable bonds is 3. The summed E-state index contributed by atoms with van der Waals surface area (Å²) in [5.74, 6) is 0. The Bertz CT molecular complexity index is 905. The van der Waals surface area contributed by atoms with Gasteiger partial charge >= 0.3 is 0 Å². The molecule has 106 valence electrons. The monoisotopic (exact) mass is 303 g/mol. The maximum absolute atomic E-state index is 4.71. The second-order valence-electron chi connectivity index (χ2n) is 4.91. The quantitative estimate of drug-likeness (QED) is 0.332. The number of aromatic nitrogens is 1. The highest BCUT2D eigenvalue weighted by atomic mass is 32.1. The minimum atomic E-state index is 0.968. The molecule has 4 heteroatoms. The molecule has 0 aliphatic heterocycles. The van der Waals surface area contributed by atoms with Gasteiger partial charge in [-0.05, 0) is 23.6 Å². The maximum atomic E-state index is 4.71. The van der Waals surface area contributed by atoms with Crippen LogP contribution in [0.25, 0.3) is 21.8 Å². The molecule has 2 heterocycles. The fourth-order valence-electron chi connectivity index (χ4n) is 2.49. The van der Waals surface area contributed by atoms with Crippen LogP contribution in [-0.4, -0.2) is 11.2 Å². The molecule has 0 bridgehead atoms. The van der Waals surface area contributed by atoms with Crippen molar-refractivity contribution in [1.29, 1.82) is 0 Å². The van der Waals surface area contributed by atoms with Crippen molar-refractivity contribution in [3.05, 3.63) is 70.9 Å². The van der Waals surface area contributed by atoms with Crippen molar-refractivity contribution in [2.75, 3.05) is 5.43 Å². The summed E-state index contributed by atoms with van der Waals surface area (Å²) in [4.78, 5) is 5.83. The van der Waals surface area contributed by atoms with Crippen molar-refractivity contribution in [3.63, 3.8) is 0 Å². The number of anilines is 1. The first kappa shape index (κ1) is 13.0. The van der Waals surface area contributed by atoms with Gasteiger partial charge in [-0.3, -0.25) is 5.43 Å². The number of fused-ring (bicyclic) bond motifs is 2. The lowest BCUT2D eigenvalue weighted by Crippen LogP contribution is -1.94. The third-order valence-electron chi connectivity index (χ3n) is 3.50. The number of benzene rings is 2. The van der Waals surface area contributed by atoms with Gasteiger partial charge in [-0.1, -0.05) is 42.5 Å². The second-order valence-corrected chi connectivity index (χ2v) is 5.89. The summed E-state index contributed by atoms with van der Waals surface area (Å²) >= 11 is 1.66. The molecule has 0 saturated heterocycles. The summed E-state index contributed by atoms with van der Waals surface area (Å²) in [6.45, 7) is 0. The van der Waals surface area contributed by atoms with Crippen LogP contribution in [0.3, 0.4) is 0 Å². The molecular weight excluding hydrogens is 290 g/mol. The zero-order valence-corrected chi connectivity index (χ0v) is 12.5. The lowest BCUT2D eigenvalue weighted by molar-refractivity contribution is 1.37. The van der Waals surface area contributed by atoms with E-state index in [1.165, 1.54) is 0 Å². The molecule has 22 heavy (non-hydrogen) atoms. The van der Waals surface area contributed by atoms with E-state index in [4.69, 9.17) is 4.98 Å². The predicted octanol–water partition coefficient (Wildman–Crippen LogP) is 4.90. The van der Waals surface area contributed by atoms with Gasteiger partial charge in [0.1, 0.15) is 0 Å². The highest BCUT2D eigenvalue weighted by Gasteiger charge is 2.07. The normalized spacial score (nSPS) is 11.5. The Morgan fingerprint density at radius 2 is 1.55 bits per heavy atom. The van der Waals surface area contributed by atoms with Crippen molar-refractivity contribution in [3.8, 4) is 0 Å². The van der Waals surface area contributed by atoms with E-state index >= 15 is 0 Å². The standard InChI is InChI=1S/C18H13N3S/c1-3-9-16-14(7-1)18(15-8-2-4-10-17(15)20-16)21-19-12-13-6-5-11-22-13/h1-12H,(H,20,21)/b19-12+. The van der Waals surface area contributed by atoms with Crippen LogP contribution >= 0.6 is 11.3 Å². The van der Waals surface area contributed by atoms with Crippen molar-refractivity contribution in [2.45, 2.75) is 0 Å². The minimum Gasteiger partial charge on any atom is -0.277 e. The van der Waals surface area contributed by atoms with Crippen LogP contribution in [0.1, 0.15) is 4.88 Å². The molecule has 0 aliphatic rings. The molecule has 0 spiro atoms. The van der Waals surface area contributed by atoms with Crippen LogP contribution in [0.15, 0.2) is 71.1 Å². The molecule has 0 atom stereocenters. The molecular formula is C18H13N3S. The van der Waals surface area contributed by atoms with Crippen LogP contribution in [0.4, 0.5) is 5.69 Å². The van der Waals surface area contributed by atoms with Gasteiger partial charge in [0.2, 0.25) is 0 Å². The Labute approximate surface area is 131 Å². The summed E-state index contributed by atoms with van der Waals surface area (Å²) in [6, 6.07) is 20.3. The van der Waals surface area contributed by atoms with E-state index in [9.17, 15) is 0 Å². The first-order valence-electron chi connectivity index (χ1n) is 7.02. The van der Waals surface area contributed by atoms with Crippen LogP contribution < -0.4 is 5.43 Å². The minimum absolute atomic E-state index is 0.968. The van der Waals surface area contributed by atoms with Crippen LogP contribution in [0.2, 0.25) is 0 Å². The zero-order valence-electron chi connectivity index (χ0n) is 11.7. The van der Waals surface area contributed by atoms with E-state index < -0.39 is 0 Å². The smallest absolute Gasteiger partial charge is 0.0749 e. The number of para-hydroxylation sites is 2. The maximum Gasteiger partial charge on any atom is 0.0749 e. The number of pyridine rings is 1. The molecule has 0 aliphatic carbocycles. The third-order valence-corrected chi connectivity index (χ3v) is 4.31. The number of nitrogens with zero attached hydrogens (tertiary/aromatic N) is 2. The Kier molecular flexibility index (Phi) is 3.29. The molecule has 4 aromatic rings. The molecule has 0 amide bonds. The molecule has 3 nitrogen and oxygen atoms in total. The van der Waals surface area contributed by atoms with Crippen molar-refractivity contribution in [2.24, 2.45) is 5.10 Å². The molecule has 0 radical (unpaired) electrons. The lowest BCUT2D eigenvalue weighted by atomic mass is 10.1. The van der Waals surface area contributed by atoms with Gasteiger partial charge < -0.3 is 0 Å².